The third-order valence-corrected chi connectivity index (χ3v) is 4.53. The third kappa shape index (κ3) is 3.55. The average Bonchev–Trinajstić information content (AvgIpc) is 3.16. The molecule has 0 bridgehead atoms. The summed E-state index contributed by atoms with van der Waals surface area (Å²) in [5, 5.41) is 6.76. The van der Waals surface area contributed by atoms with Gasteiger partial charge in [-0.2, -0.15) is 0 Å². The highest BCUT2D eigenvalue weighted by atomic mass is 19.1. The topological polar surface area (TPSA) is 95.8 Å². The molecule has 4 aromatic heterocycles. The molecule has 4 rings (SSSR count). The number of nitrogens with one attached hydrogen (secondary N) is 3. The summed E-state index contributed by atoms with van der Waals surface area (Å²) in [6.07, 6.45) is 6.03. The molecule has 0 aliphatic heterocycles. The molecule has 0 radical (unpaired) electrons. The summed E-state index contributed by atoms with van der Waals surface area (Å²) in [5.74, 6) is 0.679. The van der Waals surface area contributed by atoms with Gasteiger partial charge in [-0.05, 0) is 24.6 Å². The van der Waals surface area contributed by atoms with E-state index in [2.05, 4.69) is 40.4 Å². The summed E-state index contributed by atoms with van der Waals surface area (Å²) in [5.41, 5.74) is 2.76. The Bertz CT molecular complexity index is 1210. The summed E-state index contributed by atoms with van der Waals surface area (Å²) in [6.45, 7) is 9.40. The SMILES string of the molecule is [C-]#[N+]c1cnc(NC(C)c2ccc(NC)nc2)nc1-c1c[nH]c2ncc(F)cc12. The zero-order valence-corrected chi connectivity index (χ0v) is 15.7. The van der Waals surface area contributed by atoms with Crippen molar-refractivity contribution < 1.29 is 4.39 Å². The van der Waals surface area contributed by atoms with Crippen molar-refractivity contribution in [1.82, 2.24) is 24.9 Å². The molecule has 4 heterocycles. The number of hydrogen-bond acceptors (Lipinski definition) is 6. The fraction of sp³-hybridized carbons (Fsp3) is 0.150. The number of anilines is 2. The van der Waals surface area contributed by atoms with E-state index in [1.54, 1.807) is 12.4 Å². The first-order valence-electron chi connectivity index (χ1n) is 8.86. The van der Waals surface area contributed by atoms with E-state index in [4.69, 9.17) is 6.57 Å². The number of aromatic amines is 1. The molecule has 1 unspecified atom stereocenters. The van der Waals surface area contributed by atoms with Crippen LogP contribution in [-0.2, 0) is 0 Å². The molecule has 1 atom stereocenters. The van der Waals surface area contributed by atoms with Gasteiger partial charge in [0.15, 0.2) is 0 Å². The van der Waals surface area contributed by atoms with Gasteiger partial charge in [0.1, 0.15) is 17.3 Å². The molecule has 3 N–H and O–H groups in total. The molecule has 0 aliphatic rings. The summed E-state index contributed by atoms with van der Waals surface area (Å²) in [6, 6.07) is 5.10. The van der Waals surface area contributed by atoms with Crippen molar-refractivity contribution in [3.05, 3.63) is 65.8 Å². The minimum atomic E-state index is -0.457. The minimum absolute atomic E-state index is 0.109. The van der Waals surface area contributed by atoms with Gasteiger partial charge in [-0.1, -0.05) is 6.07 Å². The van der Waals surface area contributed by atoms with E-state index in [1.165, 1.54) is 12.3 Å². The van der Waals surface area contributed by atoms with Gasteiger partial charge in [-0.25, -0.2) is 29.2 Å². The van der Waals surface area contributed by atoms with E-state index in [0.717, 1.165) is 17.6 Å². The average molecular weight is 388 g/mol. The standard InChI is InChI=1S/C20H17FN8/c1-11(12-4-5-17(23-3)24-7-12)28-20-27-10-16(22-2)18(29-20)15-9-26-19-14(15)6-13(21)8-25-19/h4-11H,1,3H3,(H,23,24)(H,25,26)(H,27,28,29). The third-order valence-electron chi connectivity index (χ3n) is 4.53. The number of rotatable bonds is 5. The summed E-state index contributed by atoms with van der Waals surface area (Å²) < 4.78 is 13.7. The second-order valence-corrected chi connectivity index (χ2v) is 6.38. The van der Waals surface area contributed by atoms with Crippen molar-refractivity contribution in [3.63, 3.8) is 0 Å². The monoisotopic (exact) mass is 388 g/mol. The molecule has 4 aromatic rings. The Morgan fingerprint density at radius 2 is 2.03 bits per heavy atom. The molecule has 144 valence electrons. The van der Waals surface area contributed by atoms with E-state index in [0.29, 0.717) is 28.2 Å². The summed E-state index contributed by atoms with van der Waals surface area (Å²) in [4.78, 5) is 23.6. The fourth-order valence-corrected chi connectivity index (χ4v) is 2.99. The van der Waals surface area contributed by atoms with Gasteiger partial charge in [0.25, 0.3) is 0 Å². The van der Waals surface area contributed by atoms with Gasteiger partial charge in [0.05, 0.1) is 24.5 Å². The number of pyridine rings is 2. The molecule has 0 aromatic carbocycles. The Labute approximate surface area is 166 Å². The van der Waals surface area contributed by atoms with Gasteiger partial charge < -0.3 is 15.6 Å². The first-order valence-corrected chi connectivity index (χ1v) is 8.86. The largest absolute Gasteiger partial charge is 0.373 e. The van der Waals surface area contributed by atoms with Crippen molar-refractivity contribution in [2.45, 2.75) is 13.0 Å². The van der Waals surface area contributed by atoms with E-state index < -0.39 is 5.82 Å². The van der Waals surface area contributed by atoms with Crippen LogP contribution in [0.3, 0.4) is 0 Å². The van der Waals surface area contributed by atoms with Gasteiger partial charge in [-0.3, -0.25) is 0 Å². The molecule has 29 heavy (non-hydrogen) atoms. The number of aromatic nitrogens is 5. The van der Waals surface area contributed by atoms with E-state index in [9.17, 15) is 4.39 Å². The van der Waals surface area contributed by atoms with Gasteiger partial charge in [0.2, 0.25) is 11.6 Å². The predicted molar refractivity (Wildman–Crippen MR) is 109 cm³/mol. The van der Waals surface area contributed by atoms with Crippen LogP contribution in [0.25, 0.3) is 27.1 Å². The molecule has 0 fully saturated rings. The van der Waals surface area contributed by atoms with Crippen LogP contribution >= 0.6 is 0 Å². The van der Waals surface area contributed by atoms with Gasteiger partial charge >= 0.3 is 0 Å². The maximum absolute atomic E-state index is 13.7. The minimum Gasteiger partial charge on any atom is -0.373 e. The van der Waals surface area contributed by atoms with E-state index in [1.807, 2.05) is 26.1 Å². The van der Waals surface area contributed by atoms with Crippen molar-refractivity contribution in [3.8, 4) is 11.3 Å². The molecule has 0 spiro atoms. The Morgan fingerprint density at radius 1 is 1.17 bits per heavy atom. The zero-order chi connectivity index (χ0) is 20.4. The van der Waals surface area contributed by atoms with Crippen molar-refractivity contribution in [1.29, 1.82) is 0 Å². The fourth-order valence-electron chi connectivity index (χ4n) is 2.99. The lowest BCUT2D eigenvalue weighted by Gasteiger charge is -2.15. The number of halogens is 1. The molecule has 0 aliphatic carbocycles. The molecule has 0 saturated carbocycles. The smallest absolute Gasteiger partial charge is 0.231 e. The second-order valence-electron chi connectivity index (χ2n) is 6.38. The molecule has 9 heteroatoms. The van der Waals surface area contributed by atoms with Crippen LogP contribution in [0.5, 0.6) is 0 Å². The van der Waals surface area contributed by atoms with Crippen LogP contribution in [0, 0.1) is 12.4 Å². The van der Waals surface area contributed by atoms with Crippen molar-refractivity contribution >= 4 is 28.5 Å². The van der Waals surface area contributed by atoms with Gasteiger partial charge in [0, 0.05) is 36.6 Å². The number of H-pyrrole nitrogens is 1. The number of fused-ring (bicyclic) bond motifs is 1. The number of hydrogen-bond donors (Lipinski definition) is 3. The molecule has 0 amide bonds. The normalized spacial score (nSPS) is 11.8. The molecular formula is C20H17FN8. The van der Waals surface area contributed by atoms with Crippen LogP contribution in [-0.4, -0.2) is 32.0 Å². The van der Waals surface area contributed by atoms with Crippen molar-refractivity contribution in [2.75, 3.05) is 17.7 Å². The van der Waals surface area contributed by atoms with Crippen LogP contribution in [0.1, 0.15) is 18.5 Å². The quantitative estimate of drug-likeness (QED) is 0.441. The lowest BCUT2D eigenvalue weighted by Crippen LogP contribution is -2.10. The lowest BCUT2D eigenvalue weighted by molar-refractivity contribution is 0.624. The molecule has 0 saturated heterocycles. The zero-order valence-electron chi connectivity index (χ0n) is 15.7. The summed E-state index contributed by atoms with van der Waals surface area (Å²) in [7, 11) is 1.81. The first kappa shape index (κ1) is 18.3. The second kappa shape index (κ2) is 7.52. The van der Waals surface area contributed by atoms with Gasteiger partial charge in [-0.15, -0.1) is 0 Å². The Morgan fingerprint density at radius 3 is 2.76 bits per heavy atom. The molecule has 8 nitrogen and oxygen atoms in total. The Balaban J connectivity index is 1.69. The van der Waals surface area contributed by atoms with Crippen LogP contribution in [0.15, 0.2) is 43.0 Å². The first-order chi connectivity index (χ1) is 14.1. The highest BCUT2D eigenvalue weighted by Gasteiger charge is 2.16. The van der Waals surface area contributed by atoms with Crippen molar-refractivity contribution in [2.24, 2.45) is 0 Å². The Hall–Kier alpha value is -4.06. The predicted octanol–water partition coefficient (Wildman–Crippen LogP) is 4.32. The number of nitrogens with zero attached hydrogens (tertiary/aromatic N) is 5. The van der Waals surface area contributed by atoms with Crippen LogP contribution in [0.2, 0.25) is 0 Å². The van der Waals surface area contributed by atoms with Crippen LogP contribution in [0.4, 0.5) is 21.8 Å². The van der Waals surface area contributed by atoms with E-state index in [-0.39, 0.29) is 11.7 Å². The lowest BCUT2D eigenvalue weighted by atomic mass is 10.1. The maximum atomic E-state index is 13.7. The van der Waals surface area contributed by atoms with E-state index >= 15 is 0 Å². The highest BCUT2D eigenvalue weighted by molar-refractivity contribution is 5.96. The highest BCUT2D eigenvalue weighted by Crippen LogP contribution is 2.34. The summed E-state index contributed by atoms with van der Waals surface area (Å²) >= 11 is 0. The van der Waals surface area contributed by atoms with Crippen LogP contribution < -0.4 is 10.6 Å². The Kier molecular flexibility index (Phi) is 4.75. The maximum Gasteiger partial charge on any atom is 0.231 e. The molecular weight excluding hydrogens is 371 g/mol.